The van der Waals surface area contributed by atoms with Crippen molar-refractivity contribution >= 4 is 23.6 Å². The van der Waals surface area contributed by atoms with E-state index in [9.17, 15) is 14.4 Å². The van der Waals surface area contributed by atoms with Gasteiger partial charge in [-0.25, -0.2) is 9.59 Å². The number of carbonyl (C=O) groups is 3. The molecule has 0 radical (unpaired) electrons. The van der Waals surface area contributed by atoms with Crippen molar-refractivity contribution in [2.75, 3.05) is 18.4 Å². The number of rotatable bonds is 2. The lowest BCUT2D eigenvalue weighted by atomic mass is 10.1. The van der Waals surface area contributed by atoms with Crippen LogP contribution in [0.25, 0.3) is 0 Å². The zero-order chi connectivity index (χ0) is 15.6. The number of carboxylic acid groups (broad SMARTS) is 1. The smallest absolute Gasteiger partial charge is 0.328 e. The molecule has 0 spiro atoms. The maximum atomic E-state index is 12.2. The van der Waals surface area contributed by atoms with Crippen molar-refractivity contribution in [1.82, 2.24) is 10.2 Å². The molecule has 1 heterocycles. The van der Waals surface area contributed by atoms with E-state index >= 15 is 0 Å². The fourth-order valence-electron chi connectivity index (χ4n) is 2.32. The van der Waals surface area contributed by atoms with Crippen LogP contribution in [0.3, 0.4) is 0 Å². The summed E-state index contributed by atoms with van der Waals surface area (Å²) in [4.78, 5) is 35.8. The van der Waals surface area contributed by atoms with E-state index in [-0.39, 0.29) is 19.0 Å². The molecule has 3 N–H and O–H groups in total. The van der Waals surface area contributed by atoms with Crippen LogP contribution in [0.5, 0.6) is 0 Å². The Kier molecular flexibility index (Phi) is 4.11. The number of hydrogen-bond acceptors (Lipinski definition) is 3. The van der Waals surface area contributed by atoms with Crippen LogP contribution in [0.2, 0.25) is 0 Å². The molecule has 0 bridgehead atoms. The molecule has 0 aromatic heterocycles. The van der Waals surface area contributed by atoms with Crippen molar-refractivity contribution < 1.29 is 19.5 Å². The summed E-state index contributed by atoms with van der Waals surface area (Å²) in [6, 6.07) is 3.87. The van der Waals surface area contributed by atoms with Crippen LogP contribution >= 0.6 is 0 Å². The zero-order valence-corrected chi connectivity index (χ0v) is 11.8. The second-order valence-corrected chi connectivity index (χ2v) is 5.09. The van der Waals surface area contributed by atoms with Gasteiger partial charge in [-0.1, -0.05) is 6.07 Å². The van der Waals surface area contributed by atoms with E-state index in [4.69, 9.17) is 5.11 Å². The van der Waals surface area contributed by atoms with Crippen molar-refractivity contribution in [1.29, 1.82) is 0 Å². The van der Waals surface area contributed by atoms with E-state index in [0.29, 0.717) is 5.69 Å². The van der Waals surface area contributed by atoms with Crippen molar-refractivity contribution in [3.8, 4) is 0 Å². The average Bonchev–Trinajstić information content (AvgIpc) is 2.36. The Bertz CT molecular complexity index is 580. The van der Waals surface area contributed by atoms with Gasteiger partial charge in [-0.2, -0.15) is 0 Å². The van der Waals surface area contributed by atoms with Crippen LogP contribution in [-0.4, -0.2) is 47.0 Å². The monoisotopic (exact) mass is 291 g/mol. The van der Waals surface area contributed by atoms with Crippen LogP contribution in [0.1, 0.15) is 11.1 Å². The summed E-state index contributed by atoms with van der Waals surface area (Å²) in [5.74, 6) is -1.52. The molecular weight excluding hydrogens is 274 g/mol. The molecule has 21 heavy (non-hydrogen) atoms. The van der Waals surface area contributed by atoms with Gasteiger partial charge in [-0.15, -0.1) is 0 Å². The molecule has 2 rings (SSSR count). The Morgan fingerprint density at radius 3 is 2.48 bits per heavy atom. The van der Waals surface area contributed by atoms with E-state index in [1.807, 2.05) is 19.9 Å². The van der Waals surface area contributed by atoms with E-state index in [1.165, 1.54) is 0 Å². The minimum Gasteiger partial charge on any atom is -0.480 e. The molecule has 0 aliphatic carbocycles. The normalized spacial score (nSPS) is 18.1. The first-order valence-corrected chi connectivity index (χ1v) is 6.52. The average molecular weight is 291 g/mol. The first-order valence-electron chi connectivity index (χ1n) is 6.52. The van der Waals surface area contributed by atoms with Gasteiger partial charge in [0.2, 0.25) is 5.91 Å². The second kappa shape index (κ2) is 5.82. The number of amides is 3. The fourth-order valence-corrected chi connectivity index (χ4v) is 2.32. The highest BCUT2D eigenvalue weighted by Crippen LogP contribution is 2.15. The highest BCUT2D eigenvalue weighted by molar-refractivity contribution is 5.96. The Morgan fingerprint density at radius 1 is 1.29 bits per heavy atom. The van der Waals surface area contributed by atoms with Crippen LogP contribution < -0.4 is 10.6 Å². The molecule has 3 amide bonds. The lowest BCUT2D eigenvalue weighted by molar-refractivity contribution is -0.144. The van der Waals surface area contributed by atoms with Gasteiger partial charge in [-0.05, 0) is 37.1 Å². The number of aliphatic carboxylic acids is 1. The number of urea groups is 1. The van der Waals surface area contributed by atoms with Crippen LogP contribution in [-0.2, 0) is 9.59 Å². The van der Waals surface area contributed by atoms with Gasteiger partial charge in [0.25, 0.3) is 0 Å². The first kappa shape index (κ1) is 14.8. The summed E-state index contributed by atoms with van der Waals surface area (Å²) < 4.78 is 0. The number of carbonyl (C=O) groups excluding carboxylic acids is 2. The topological polar surface area (TPSA) is 98.7 Å². The summed E-state index contributed by atoms with van der Waals surface area (Å²) in [7, 11) is 0. The maximum absolute atomic E-state index is 12.2. The number of piperazine rings is 1. The van der Waals surface area contributed by atoms with Crippen molar-refractivity contribution in [2.24, 2.45) is 0 Å². The third-order valence-corrected chi connectivity index (χ3v) is 3.20. The van der Waals surface area contributed by atoms with Gasteiger partial charge < -0.3 is 15.7 Å². The van der Waals surface area contributed by atoms with E-state index in [1.54, 1.807) is 12.1 Å². The number of aryl methyl sites for hydroxylation is 2. The minimum atomic E-state index is -1.15. The van der Waals surface area contributed by atoms with Gasteiger partial charge in [0.1, 0.15) is 12.6 Å². The number of hydrogen-bond donors (Lipinski definition) is 3. The molecule has 1 aliphatic rings. The Labute approximate surface area is 121 Å². The molecule has 1 saturated heterocycles. The number of anilines is 1. The predicted molar refractivity (Wildman–Crippen MR) is 76.1 cm³/mol. The molecule has 1 unspecified atom stereocenters. The van der Waals surface area contributed by atoms with E-state index < -0.39 is 18.0 Å². The fraction of sp³-hybridized carbons (Fsp3) is 0.357. The molecule has 1 aliphatic heterocycles. The number of benzene rings is 1. The number of nitrogens with one attached hydrogen (secondary N) is 2. The van der Waals surface area contributed by atoms with Crippen molar-refractivity contribution in [2.45, 2.75) is 19.9 Å². The SMILES string of the molecule is Cc1cc(C)cc(NC(=O)N2CC(=O)NCC2C(=O)O)c1. The largest absolute Gasteiger partial charge is 0.480 e. The van der Waals surface area contributed by atoms with Crippen molar-refractivity contribution in [3.63, 3.8) is 0 Å². The molecule has 1 fully saturated rings. The molecule has 7 heteroatoms. The Morgan fingerprint density at radius 2 is 1.90 bits per heavy atom. The molecule has 7 nitrogen and oxygen atoms in total. The summed E-state index contributed by atoms with van der Waals surface area (Å²) in [5.41, 5.74) is 2.54. The highest BCUT2D eigenvalue weighted by atomic mass is 16.4. The molecule has 1 aromatic carbocycles. The molecular formula is C14H17N3O4. The lowest BCUT2D eigenvalue weighted by Crippen LogP contribution is -2.60. The predicted octanol–water partition coefficient (Wildman–Crippen LogP) is 0.720. The van der Waals surface area contributed by atoms with Crippen molar-refractivity contribution in [3.05, 3.63) is 29.3 Å². The molecule has 1 aromatic rings. The Hall–Kier alpha value is -2.57. The van der Waals surface area contributed by atoms with Gasteiger partial charge in [0, 0.05) is 12.2 Å². The first-order chi connectivity index (χ1) is 9.86. The second-order valence-electron chi connectivity index (χ2n) is 5.09. The molecule has 112 valence electrons. The van der Waals surface area contributed by atoms with E-state index in [0.717, 1.165) is 16.0 Å². The third kappa shape index (κ3) is 3.50. The summed E-state index contributed by atoms with van der Waals surface area (Å²) in [6.07, 6.45) is 0. The van der Waals surface area contributed by atoms with E-state index in [2.05, 4.69) is 10.6 Å². The Balaban J connectivity index is 2.16. The lowest BCUT2D eigenvalue weighted by Gasteiger charge is -2.32. The third-order valence-electron chi connectivity index (χ3n) is 3.20. The number of carboxylic acids is 1. The van der Waals surface area contributed by atoms with Gasteiger partial charge in [0.15, 0.2) is 0 Å². The summed E-state index contributed by atoms with van der Waals surface area (Å²) >= 11 is 0. The molecule has 0 saturated carbocycles. The molecule has 1 atom stereocenters. The maximum Gasteiger partial charge on any atom is 0.328 e. The summed E-state index contributed by atoms with van der Waals surface area (Å²) in [5, 5.41) is 14.2. The van der Waals surface area contributed by atoms with Gasteiger partial charge >= 0.3 is 12.0 Å². The van der Waals surface area contributed by atoms with Gasteiger partial charge in [-0.3, -0.25) is 9.69 Å². The van der Waals surface area contributed by atoms with Crippen LogP contribution in [0.4, 0.5) is 10.5 Å². The zero-order valence-electron chi connectivity index (χ0n) is 11.8. The summed E-state index contributed by atoms with van der Waals surface area (Å²) in [6.45, 7) is 3.44. The van der Waals surface area contributed by atoms with Gasteiger partial charge in [0.05, 0.1) is 0 Å². The van der Waals surface area contributed by atoms with Crippen LogP contribution in [0, 0.1) is 13.8 Å². The quantitative estimate of drug-likeness (QED) is 0.747. The number of nitrogens with zero attached hydrogens (tertiary/aromatic N) is 1. The highest BCUT2D eigenvalue weighted by Gasteiger charge is 2.35. The van der Waals surface area contributed by atoms with Crippen LogP contribution in [0.15, 0.2) is 18.2 Å². The standard InChI is InChI=1S/C14H17N3O4/c1-8-3-9(2)5-10(4-8)16-14(21)17-7-12(18)15-6-11(17)13(19)20/h3-5,11H,6-7H2,1-2H3,(H,15,18)(H,16,21)(H,19,20). The minimum absolute atomic E-state index is 0.0889.